The topological polar surface area (TPSA) is 0 Å². The molecule has 0 heterocycles. The number of hydrogen-bond donors (Lipinski definition) is 0. The number of aryl methyl sites for hydroxylation is 1. The average molecular weight is 401 g/mol. The molecule has 0 radical (unpaired) electrons. The number of benzene rings is 2. The van der Waals surface area contributed by atoms with Gasteiger partial charge >= 0.3 is 0 Å². The SMILES string of the molecule is C=CCCc1cc2ccc([C@@H]3CC[C@@H]4CC(CC)CCC4C3)c(F)c2c(F)c1F. The van der Waals surface area contributed by atoms with Crippen molar-refractivity contribution in [2.45, 2.75) is 70.6 Å². The van der Waals surface area contributed by atoms with Gasteiger partial charge in [-0.3, -0.25) is 0 Å². The van der Waals surface area contributed by atoms with Crippen molar-refractivity contribution >= 4 is 10.8 Å². The number of rotatable bonds is 5. The minimum atomic E-state index is -1.04. The van der Waals surface area contributed by atoms with Crippen molar-refractivity contribution < 1.29 is 13.2 Å². The van der Waals surface area contributed by atoms with Crippen LogP contribution in [0.5, 0.6) is 0 Å². The Morgan fingerprint density at radius 2 is 1.72 bits per heavy atom. The van der Waals surface area contributed by atoms with Gasteiger partial charge in [0.15, 0.2) is 11.6 Å². The molecule has 0 bridgehead atoms. The molecule has 2 aliphatic rings. The predicted molar refractivity (Wildman–Crippen MR) is 114 cm³/mol. The Kier molecular flexibility index (Phi) is 6.03. The van der Waals surface area contributed by atoms with Gasteiger partial charge in [0.25, 0.3) is 0 Å². The summed E-state index contributed by atoms with van der Waals surface area (Å²) in [4.78, 5) is 0. The van der Waals surface area contributed by atoms with Crippen molar-refractivity contribution in [2.24, 2.45) is 17.8 Å². The molecule has 0 saturated heterocycles. The Morgan fingerprint density at radius 3 is 2.48 bits per heavy atom. The molecule has 0 N–H and O–H groups in total. The van der Waals surface area contributed by atoms with E-state index in [2.05, 4.69) is 13.5 Å². The standard InChI is InChI=1S/C26H31F3/c1-3-5-6-21-15-20-11-12-22(25(28)23(20)26(29)24(21)27)19-10-9-17-13-16(4-2)7-8-18(17)14-19/h3,11-12,15-19H,1,4-10,13-14H2,2H3/t16?,17-,18?,19-/m1/s1. The van der Waals surface area contributed by atoms with E-state index in [1.165, 1.54) is 25.7 Å². The van der Waals surface area contributed by atoms with Gasteiger partial charge in [-0.05, 0) is 91.2 Å². The van der Waals surface area contributed by atoms with Crippen molar-refractivity contribution in [3.63, 3.8) is 0 Å². The highest BCUT2D eigenvalue weighted by Crippen LogP contribution is 2.49. The van der Waals surface area contributed by atoms with Crippen LogP contribution in [0.25, 0.3) is 10.8 Å². The van der Waals surface area contributed by atoms with Crippen LogP contribution < -0.4 is 0 Å². The van der Waals surface area contributed by atoms with Crippen LogP contribution >= 0.6 is 0 Å². The monoisotopic (exact) mass is 400 g/mol. The van der Waals surface area contributed by atoms with E-state index in [1.807, 2.05) is 6.07 Å². The smallest absolute Gasteiger partial charge is 0.169 e. The van der Waals surface area contributed by atoms with Crippen molar-refractivity contribution in [3.05, 3.63) is 59.4 Å². The summed E-state index contributed by atoms with van der Waals surface area (Å²) in [5.74, 6) is -0.154. The van der Waals surface area contributed by atoms with Gasteiger partial charge in [-0.15, -0.1) is 6.58 Å². The lowest BCUT2D eigenvalue weighted by atomic mass is 9.63. The summed E-state index contributed by atoms with van der Waals surface area (Å²) in [7, 11) is 0. The fourth-order valence-electron chi connectivity index (χ4n) is 5.85. The van der Waals surface area contributed by atoms with E-state index in [1.54, 1.807) is 18.2 Å². The molecular weight excluding hydrogens is 369 g/mol. The summed E-state index contributed by atoms with van der Waals surface area (Å²) in [6, 6.07) is 5.18. The van der Waals surface area contributed by atoms with Crippen molar-refractivity contribution in [2.75, 3.05) is 0 Å². The van der Waals surface area contributed by atoms with E-state index in [0.717, 1.165) is 31.1 Å². The van der Waals surface area contributed by atoms with Crippen molar-refractivity contribution in [3.8, 4) is 0 Å². The molecule has 0 amide bonds. The average Bonchev–Trinajstić information content (AvgIpc) is 2.74. The van der Waals surface area contributed by atoms with Crippen LogP contribution in [-0.4, -0.2) is 0 Å². The summed E-state index contributed by atoms with van der Waals surface area (Å²) >= 11 is 0. The van der Waals surface area contributed by atoms with Gasteiger partial charge in [0.1, 0.15) is 5.82 Å². The summed E-state index contributed by atoms with van der Waals surface area (Å²) in [6.45, 7) is 5.90. The van der Waals surface area contributed by atoms with Crippen LogP contribution in [0.3, 0.4) is 0 Å². The molecule has 0 aromatic heterocycles. The van der Waals surface area contributed by atoms with Gasteiger partial charge in [0.05, 0.1) is 5.39 Å². The lowest BCUT2D eigenvalue weighted by Crippen LogP contribution is -2.30. The van der Waals surface area contributed by atoms with Crippen molar-refractivity contribution in [1.29, 1.82) is 0 Å². The molecule has 4 rings (SSSR count). The zero-order valence-corrected chi connectivity index (χ0v) is 17.3. The van der Waals surface area contributed by atoms with Crippen LogP contribution in [0.4, 0.5) is 13.2 Å². The largest absolute Gasteiger partial charge is 0.206 e. The quantitative estimate of drug-likeness (QED) is 0.445. The summed E-state index contributed by atoms with van der Waals surface area (Å²) in [5.41, 5.74) is 0.862. The molecule has 3 heteroatoms. The van der Waals surface area contributed by atoms with Crippen molar-refractivity contribution in [1.82, 2.24) is 0 Å². The molecule has 0 nitrogen and oxygen atoms in total. The lowest BCUT2D eigenvalue weighted by molar-refractivity contribution is 0.116. The molecule has 29 heavy (non-hydrogen) atoms. The van der Waals surface area contributed by atoms with E-state index in [4.69, 9.17) is 0 Å². The molecule has 0 spiro atoms. The van der Waals surface area contributed by atoms with E-state index >= 15 is 4.39 Å². The third kappa shape index (κ3) is 3.85. The van der Waals surface area contributed by atoms with Crippen LogP contribution in [0.1, 0.15) is 75.3 Å². The van der Waals surface area contributed by atoms with Gasteiger partial charge in [0, 0.05) is 0 Å². The third-order valence-electron chi connectivity index (χ3n) is 7.58. The first-order valence-corrected chi connectivity index (χ1v) is 11.2. The minimum Gasteiger partial charge on any atom is -0.206 e. The highest BCUT2D eigenvalue weighted by atomic mass is 19.2. The maximum Gasteiger partial charge on any atom is 0.169 e. The Hall–Kier alpha value is -1.77. The molecule has 2 aromatic rings. The van der Waals surface area contributed by atoms with Gasteiger partial charge in [-0.2, -0.15) is 0 Å². The van der Waals surface area contributed by atoms with E-state index in [-0.39, 0.29) is 16.9 Å². The molecule has 2 fully saturated rings. The Bertz CT molecular complexity index is 901. The zero-order chi connectivity index (χ0) is 20.5. The number of halogens is 3. The highest BCUT2D eigenvalue weighted by Gasteiger charge is 2.36. The summed E-state index contributed by atoms with van der Waals surface area (Å²) < 4.78 is 44.7. The summed E-state index contributed by atoms with van der Waals surface area (Å²) in [5, 5.41) is 0.264. The summed E-state index contributed by atoms with van der Waals surface area (Å²) in [6.07, 6.45) is 10.7. The molecule has 2 unspecified atom stereocenters. The maximum absolute atomic E-state index is 15.4. The maximum atomic E-state index is 15.4. The molecular formula is C26H31F3. The number of allylic oxidation sites excluding steroid dienone is 1. The fourth-order valence-corrected chi connectivity index (χ4v) is 5.85. The Morgan fingerprint density at radius 1 is 0.966 bits per heavy atom. The fraction of sp³-hybridized carbons (Fsp3) is 0.538. The second kappa shape index (κ2) is 8.53. The van der Waals surface area contributed by atoms with E-state index in [9.17, 15) is 8.78 Å². The number of fused-ring (bicyclic) bond motifs is 2. The van der Waals surface area contributed by atoms with Crippen LogP contribution in [0, 0.1) is 35.2 Å². The lowest BCUT2D eigenvalue weighted by Gasteiger charge is -2.42. The second-order valence-electron chi connectivity index (χ2n) is 9.18. The number of hydrogen-bond acceptors (Lipinski definition) is 0. The van der Waals surface area contributed by atoms with Gasteiger partial charge in [0.2, 0.25) is 0 Å². The second-order valence-corrected chi connectivity index (χ2v) is 9.18. The Labute approximate surface area is 172 Å². The zero-order valence-electron chi connectivity index (χ0n) is 17.3. The third-order valence-corrected chi connectivity index (χ3v) is 7.58. The Balaban J connectivity index is 1.63. The normalized spacial score (nSPS) is 27.0. The molecule has 4 atom stereocenters. The minimum absolute atomic E-state index is 0.113. The van der Waals surface area contributed by atoms with Crippen LogP contribution in [0.15, 0.2) is 30.9 Å². The molecule has 0 aliphatic heterocycles. The van der Waals surface area contributed by atoms with Crippen LogP contribution in [0.2, 0.25) is 0 Å². The molecule has 2 aliphatic carbocycles. The van der Waals surface area contributed by atoms with E-state index in [0.29, 0.717) is 29.7 Å². The predicted octanol–water partition coefficient (Wildman–Crippen LogP) is 8.09. The van der Waals surface area contributed by atoms with E-state index < -0.39 is 17.5 Å². The van der Waals surface area contributed by atoms with Gasteiger partial charge < -0.3 is 0 Å². The van der Waals surface area contributed by atoms with Gasteiger partial charge in [-0.25, -0.2) is 13.2 Å². The highest BCUT2D eigenvalue weighted by molar-refractivity contribution is 5.85. The first-order chi connectivity index (χ1) is 14.0. The first-order valence-electron chi connectivity index (χ1n) is 11.2. The molecule has 2 aromatic carbocycles. The van der Waals surface area contributed by atoms with Gasteiger partial charge in [-0.1, -0.05) is 38.0 Å². The molecule has 156 valence electrons. The molecule has 2 saturated carbocycles. The first kappa shape index (κ1) is 20.5. The van der Waals surface area contributed by atoms with Crippen LogP contribution in [-0.2, 0) is 6.42 Å².